The molecule has 404 valence electrons. The molecule has 0 unspecified atom stereocenters. The fourth-order valence-electron chi connectivity index (χ4n) is 10.9. The molecule has 0 amide bonds. The smallest absolute Gasteiger partial charge is 0.0466 e. The predicted molar refractivity (Wildman–Crippen MR) is 308 cm³/mol. The molecule has 0 rings (SSSR count). The molecule has 0 aromatic heterocycles. The average molecular weight is 944 g/mol. The Balaban J connectivity index is 3.07. The summed E-state index contributed by atoms with van der Waals surface area (Å²) >= 11 is 0. The van der Waals surface area contributed by atoms with Gasteiger partial charge in [-0.3, -0.25) is 0 Å². The number of rotatable bonds is 64. The Morgan fingerprint density at radius 1 is 0.119 bits per heavy atom. The highest BCUT2D eigenvalue weighted by molar-refractivity contribution is 4.56. The van der Waals surface area contributed by atoms with Crippen LogP contribution in [0.15, 0.2) is 0 Å². The maximum Gasteiger partial charge on any atom is 0.0466 e. The summed E-state index contributed by atoms with van der Waals surface area (Å²) in [6.07, 6.45) is 90.9. The van der Waals surface area contributed by atoms with Gasteiger partial charge in [0.1, 0.15) is 0 Å². The van der Waals surface area contributed by atoms with Gasteiger partial charge in [-0.25, -0.2) is 0 Å². The van der Waals surface area contributed by atoms with Crippen molar-refractivity contribution in [2.75, 3.05) is 13.2 Å². The van der Waals surface area contributed by atoms with Crippen molar-refractivity contribution in [3.05, 3.63) is 0 Å². The molecule has 0 aliphatic heterocycles. The highest BCUT2D eigenvalue weighted by Gasteiger charge is 2.00. The molecule has 0 saturated heterocycles. The molecular formula is C66H134O. The Labute approximate surface area is 428 Å². The molecule has 0 heterocycles. The summed E-state index contributed by atoms with van der Waals surface area (Å²) in [5, 5.41) is 0. The molecule has 1 heteroatoms. The maximum absolute atomic E-state index is 5.96. The third-order valence-electron chi connectivity index (χ3n) is 15.8. The van der Waals surface area contributed by atoms with Gasteiger partial charge in [-0.05, 0) is 12.8 Å². The zero-order valence-corrected chi connectivity index (χ0v) is 47.7. The van der Waals surface area contributed by atoms with Crippen molar-refractivity contribution in [3.8, 4) is 0 Å². The zero-order valence-electron chi connectivity index (χ0n) is 47.7. The standard InChI is InChI=1S/C66H134O/c1-3-5-7-9-11-13-15-17-19-21-23-25-27-29-31-33-35-37-39-41-43-45-47-49-51-53-55-57-59-61-63-65-67-66-64-62-60-58-56-54-52-50-48-46-44-42-40-38-36-34-32-30-28-26-24-22-20-18-16-14-12-10-8-6-4-2/h3-66H2,1-2H3. The average Bonchev–Trinajstić information content (AvgIpc) is 3.34. The molecule has 0 radical (unpaired) electrons. The Kier molecular flexibility index (Phi) is 65.9. The van der Waals surface area contributed by atoms with E-state index in [1.807, 2.05) is 0 Å². The van der Waals surface area contributed by atoms with Crippen LogP contribution >= 0.6 is 0 Å². The van der Waals surface area contributed by atoms with Crippen LogP contribution in [0, 0.1) is 0 Å². The van der Waals surface area contributed by atoms with Crippen LogP contribution in [0.2, 0.25) is 0 Å². The van der Waals surface area contributed by atoms with Gasteiger partial charge in [-0.2, -0.15) is 0 Å². The highest BCUT2D eigenvalue weighted by Crippen LogP contribution is 2.19. The van der Waals surface area contributed by atoms with E-state index in [1.54, 1.807) is 0 Å². The third-order valence-corrected chi connectivity index (χ3v) is 15.8. The van der Waals surface area contributed by atoms with Crippen LogP contribution in [0.25, 0.3) is 0 Å². The van der Waals surface area contributed by atoms with Crippen LogP contribution in [-0.4, -0.2) is 13.2 Å². The van der Waals surface area contributed by atoms with Gasteiger partial charge in [0.05, 0.1) is 0 Å². The lowest BCUT2D eigenvalue weighted by atomic mass is 10.0. The van der Waals surface area contributed by atoms with Gasteiger partial charge in [0.15, 0.2) is 0 Å². The van der Waals surface area contributed by atoms with Gasteiger partial charge in [0, 0.05) is 13.2 Å². The number of hydrogen-bond acceptors (Lipinski definition) is 1. The zero-order chi connectivity index (χ0) is 48.0. The van der Waals surface area contributed by atoms with E-state index in [2.05, 4.69) is 13.8 Å². The first-order valence-electron chi connectivity index (χ1n) is 33.0. The predicted octanol–water partition coefficient (Wildman–Crippen LogP) is 25.2. The van der Waals surface area contributed by atoms with E-state index in [0.717, 1.165) is 13.2 Å². The molecule has 0 spiro atoms. The van der Waals surface area contributed by atoms with Gasteiger partial charge in [-0.15, -0.1) is 0 Å². The van der Waals surface area contributed by atoms with Gasteiger partial charge in [0.25, 0.3) is 0 Å². The Morgan fingerprint density at radius 3 is 0.313 bits per heavy atom. The van der Waals surface area contributed by atoms with E-state index in [9.17, 15) is 0 Å². The molecule has 0 atom stereocenters. The summed E-state index contributed by atoms with van der Waals surface area (Å²) in [5.74, 6) is 0. The molecule has 1 nitrogen and oxygen atoms in total. The molecule has 0 fully saturated rings. The lowest BCUT2D eigenvalue weighted by Gasteiger charge is -2.06. The van der Waals surface area contributed by atoms with Crippen LogP contribution in [0.3, 0.4) is 0 Å². The van der Waals surface area contributed by atoms with Crippen LogP contribution in [0.4, 0.5) is 0 Å². The summed E-state index contributed by atoms with van der Waals surface area (Å²) in [6, 6.07) is 0. The van der Waals surface area contributed by atoms with E-state index >= 15 is 0 Å². The second-order valence-electron chi connectivity index (χ2n) is 22.8. The normalized spacial score (nSPS) is 11.7. The van der Waals surface area contributed by atoms with Gasteiger partial charge >= 0.3 is 0 Å². The quantitative estimate of drug-likeness (QED) is 0.0552. The van der Waals surface area contributed by atoms with E-state index in [0.29, 0.717) is 0 Å². The first-order chi connectivity index (χ1) is 33.4. The van der Waals surface area contributed by atoms with Crippen molar-refractivity contribution in [3.63, 3.8) is 0 Å². The number of ether oxygens (including phenoxy) is 1. The van der Waals surface area contributed by atoms with Gasteiger partial charge in [-0.1, -0.05) is 399 Å². The fourth-order valence-corrected chi connectivity index (χ4v) is 10.9. The van der Waals surface area contributed by atoms with E-state index in [1.165, 1.54) is 398 Å². The third kappa shape index (κ3) is 66.0. The first-order valence-corrected chi connectivity index (χ1v) is 33.0. The van der Waals surface area contributed by atoms with Crippen LogP contribution in [0.1, 0.15) is 412 Å². The van der Waals surface area contributed by atoms with E-state index < -0.39 is 0 Å². The van der Waals surface area contributed by atoms with Crippen LogP contribution < -0.4 is 0 Å². The number of unbranched alkanes of at least 4 members (excludes halogenated alkanes) is 60. The summed E-state index contributed by atoms with van der Waals surface area (Å²) < 4.78 is 5.96. The molecule has 67 heavy (non-hydrogen) atoms. The molecule has 0 aromatic rings. The Morgan fingerprint density at radius 2 is 0.209 bits per heavy atom. The van der Waals surface area contributed by atoms with Gasteiger partial charge < -0.3 is 4.74 Å². The fraction of sp³-hybridized carbons (Fsp3) is 1.00. The molecule has 0 aliphatic carbocycles. The second kappa shape index (κ2) is 66.0. The molecular weight excluding hydrogens is 809 g/mol. The van der Waals surface area contributed by atoms with E-state index in [4.69, 9.17) is 4.74 Å². The lowest BCUT2D eigenvalue weighted by molar-refractivity contribution is 0.125. The lowest BCUT2D eigenvalue weighted by Crippen LogP contribution is -1.97. The van der Waals surface area contributed by atoms with Crippen LogP contribution in [-0.2, 0) is 4.74 Å². The van der Waals surface area contributed by atoms with Crippen molar-refractivity contribution < 1.29 is 4.74 Å². The molecule has 0 aliphatic rings. The second-order valence-corrected chi connectivity index (χ2v) is 22.8. The topological polar surface area (TPSA) is 9.23 Å². The summed E-state index contributed by atoms with van der Waals surface area (Å²) in [6.45, 7) is 6.62. The van der Waals surface area contributed by atoms with Gasteiger partial charge in [0.2, 0.25) is 0 Å². The summed E-state index contributed by atoms with van der Waals surface area (Å²) in [5.41, 5.74) is 0. The minimum Gasteiger partial charge on any atom is -0.381 e. The Bertz CT molecular complexity index is 726. The first kappa shape index (κ1) is 67.0. The largest absolute Gasteiger partial charge is 0.381 e. The highest BCUT2D eigenvalue weighted by atomic mass is 16.5. The maximum atomic E-state index is 5.96. The Hall–Kier alpha value is -0.0400. The molecule has 0 aromatic carbocycles. The molecule has 0 saturated carbocycles. The SMILES string of the molecule is CCCCCCCCCCCCCCCCCCCCCCCCCCCCCCCCCOCCCCCCCCCCCCCCCCCCCCCCCCCCCCCCCCC. The van der Waals surface area contributed by atoms with Crippen molar-refractivity contribution >= 4 is 0 Å². The van der Waals surface area contributed by atoms with E-state index in [-0.39, 0.29) is 0 Å². The van der Waals surface area contributed by atoms with Crippen molar-refractivity contribution in [1.29, 1.82) is 0 Å². The molecule has 0 bridgehead atoms. The van der Waals surface area contributed by atoms with Crippen LogP contribution in [0.5, 0.6) is 0 Å². The van der Waals surface area contributed by atoms with Crippen molar-refractivity contribution in [2.24, 2.45) is 0 Å². The summed E-state index contributed by atoms with van der Waals surface area (Å²) in [4.78, 5) is 0. The minimum absolute atomic E-state index is 0.999. The number of hydrogen-bond donors (Lipinski definition) is 0. The molecule has 0 N–H and O–H groups in total. The summed E-state index contributed by atoms with van der Waals surface area (Å²) in [7, 11) is 0. The van der Waals surface area contributed by atoms with Crippen molar-refractivity contribution in [1.82, 2.24) is 0 Å². The van der Waals surface area contributed by atoms with Crippen molar-refractivity contribution in [2.45, 2.75) is 412 Å². The minimum atomic E-state index is 0.999. The monoisotopic (exact) mass is 943 g/mol.